The van der Waals surface area contributed by atoms with Crippen LogP contribution in [0, 0.1) is 0 Å². The molecule has 1 aromatic heterocycles. The van der Waals surface area contributed by atoms with E-state index < -0.39 is 0 Å². The normalized spacial score (nSPS) is 12.3. The average molecular weight is 275 g/mol. The summed E-state index contributed by atoms with van der Waals surface area (Å²) in [6.07, 6.45) is 3.84. The lowest BCUT2D eigenvalue weighted by Gasteiger charge is -2.14. The van der Waals surface area contributed by atoms with E-state index in [1.54, 1.807) is 7.11 Å². The number of fused-ring (bicyclic) bond motifs is 1. The van der Waals surface area contributed by atoms with Crippen LogP contribution in [0.3, 0.4) is 0 Å². The highest BCUT2D eigenvalue weighted by molar-refractivity contribution is 5.84. The Morgan fingerprint density at radius 1 is 1.35 bits per heavy atom. The van der Waals surface area contributed by atoms with Crippen molar-refractivity contribution in [3.63, 3.8) is 0 Å². The standard InChI is InChI=1S/C16H21NO3/c1-4-5-10-20-16(18)12(2)17-9-8-13-11-14(19-3)6-7-15(13)17/h6-9,11-12H,4-5,10H2,1-3H3. The third-order valence-corrected chi connectivity index (χ3v) is 3.43. The lowest BCUT2D eigenvalue weighted by Crippen LogP contribution is -2.19. The summed E-state index contributed by atoms with van der Waals surface area (Å²) in [5.74, 6) is 0.625. The molecule has 0 saturated heterocycles. The zero-order valence-corrected chi connectivity index (χ0v) is 12.3. The quantitative estimate of drug-likeness (QED) is 0.598. The molecule has 0 amide bonds. The molecule has 0 aliphatic rings. The van der Waals surface area contributed by atoms with Crippen LogP contribution in [-0.4, -0.2) is 24.3 Å². The van der Waals surface area contributed by atoms with Gasteiger partial charge in [-0.2, -0.15) is 0 Å². The number of nitrogens with zero attached hydrogens (tertiary/aromatic N) is 1. The SMILES string of the molecule is CCCCOC(=O)C(C)n1ccc2cc(OC)ccc21. The summed E-state index contributed by atoms with van der Waals surface area (Å²) in [6, 6.07) is 7.48. The summed E-state index contributed by atoms with van der Waals surface area (Å²) in [5.41, 5.74) is 1.01. The first kappa shape index (κ1) is 14.4. The molecule has 0 aliphatic carbocycles. The van der Waals surface area contributed by atoms with Crippen LogP contribution < -0.4 is 4.74 Å². The van der Waals surface area contributed by atoms with E-state index >= 15 is 0 Å². The monoisotopic (exact) mass is 275 g/mol. The molecule has 4 heteroatoms. The fourth-order valence-electron chi connectivity index (χ4n) is 2.16. The molecule has 1 unspecified atom stereocenters. The van der Waals surface area contributed by atoms with E-state index in [1.807, 2.05) is 42.0 Å². The zero-order valence-electron chi connectivity index (χ0n) is 12.3. The fourth-order valence-corrected chi connectivity index (χ4v) is 2.16. The smallest absolute Gasteiger partial charge is 0.328 e. The Bertz CT molecular complexity index is 588. The largest absolute Gasteiger partial charge is 0.497 e. The third kappa shape index (κ3) is 2.95. The molecule has 2 aromatic rings. The average Bonchev–Trinajstić information content (AvgIpc) is 2.89. The maximum absolute atomic E-state index is 12.0. The highest BCUT2D eigenvalue weighted by Gasteiger charge is 2.17. The number of benzene rings is 1. The fraction of sp³-hybridized carbons (Fsp3) is 0.438. The predicted octanol–water partition coefficient (Wildman–Crippen LogP) is 3.55. The molecule has 0 fully saturated rings. The molecule has 20 heavy (non-hydrogen) atoms. The summed E-state index contributed by atoms with van der Waals surface area (Å²) in [6.45, 7) is 4.43. The van der Waals surface area contributed by atoms with Gasteiger partial charge in [0.1, 0.15) is 11.8 Å². The van der Waals surface area contributed by atoms with E-state index in [0.29, 0.717) is 6.61 Å². The molecular weight excluding hydrogens is 254 g/mol. The van der Waals surface area contributed by atoms with Crippen LogP contribution in [0.4, 0.5) is 0 Å². The molecule has 0 aliphatic heterocycles. The van der Waals surface area contributed by atoms with E-state index in [-0.39, 0.29) is 12.0 Å². The lowest BCUT2D eigenvalue weighted by atomic mass is 10.2. The minimum Gasteiger partial charge on any atom is -0.497 e. The van der Waals surface area contributed by atoms with Crippen molar-refractivity contribution in [2.75, 3.05) is 13.7 Å². The first-order chi connectivity index (χ1) is 9.67. The summed E-state index contributed by atoms with van der Waals surface area (Å²) in [5, 5.41) is 1.05. The second-order valence-electron chi connectivity index (χ2n) is 4.84. The van der Waals surface area contributed by atoms with E-state index in [9.17, 15) is 4.79 Å². The first-order valence-corrected chi connectivity index (χ1v) is 6.98. The number of hydrogen-bond acceptors (Lipinski definition) is 3. The molecule has 0 bridgehead atoms. The number of carbonyl (C=O) groups excluding carboxylic acids is 1. The Hall–Kier alpha value is -1.97. The number of hydrogen-bond donors (Lipinski definition) is 0. The highest BCUT2D eigenvalue weighted by Crippen LogP contribution is 2.25. The summed E-state index contributed by atoms with van der Waals surface area (Å²) < 4.78 is 12.4. The molecule has 2 rings (SSSR count). The van der Waals surface area contributed by atoms with Gasteiger partial charge in [-0.1, -0.05) is 13.3 Å². The second kappa shape index (κ2) is 6.46. The van der Waals surface area contributed by atoms with Gasteiger partial charge in [-0.3, -0.25) is 0 Å². The van der Waals surface area contributed by atoms with Crippen molar-refractivity contribution in [1.29, 1.82) is 0 Å². The Morgan fingerprint density at radius 2 is 2.15 bits per heavy atom. The maximum Gasteiger partial charge on any atom is 0.328 e. The first-order valence-electron chi connectivity index (χ1n) is 6.98. The lowest BCUT2D eigenvalue weighted by molar-refractivity contribution is -0.147. The van der Waals surface area contributed by atoms with E-state index in [1.165, 1.54) is 0 Å². The van der Waals surface area contributed by atoms with Gasteiger partial charge < -0.3 is 14.0 Å². The summed E-state index contributed by atoms with van der Waals surface area (Å²) in [4.78, 5) is 12.0. The molecule has 0 radical (unpaired) electrons. The van der Waals surface area contributed by atoms with Gasteiger partial charge in [0.25, 0.3) is 0 Å². The van der Waals surface area contributed by atoms with Crippen LogP contribution in [0.1, 0.15) is 32.7 Å². The topological polar surface area (TPSA) is 40.5 Å². The maximum atomic E-state index is 12.0. The van der Waals surface area contributed by atoms with Crippen LogP contribution in [0.2, 0.25) is 0 Å². The third-order valence-electron chi connectivity index (χ3n) is 3.43. The van der Waals surface area contributed by atoms with Gasteiger partial charge in [-0.25, -0.2) is 4.79 Å². The molecule has 0 N–H and O–H groups in total. The molecule has 108 valence electrons. The number of methoxy groups -OCH3 is 1. The van der Waals surface area contributed by atoms with Crippen molar-refractivity contribution in [2.45, 2.75) is 32.7 Å². The van der Waals surface area contributed by atoms with E-state index in [4.69, 9.17) is 9.47 Å². The van der Waals surface area contributed by atoms with Crippen LogP contribution >= 0.6 is 0 Å². The molecule has 4 nitrogen and oxygen atoms in total. The Morgan fingerprint density at radius 3 is 2.85 bits per heavy atom. The van der Waals surface area contributed by atoms with Gasteiger partial charge in [0.05, 0.1) is 13.7 Å². The van der Waals surface area contributed by atoms with Crippen molar-refractivity contribution in [1.82, 2.24) is 4.57 Å². The number of aromatic nitrogens is 1. The predicted molar refractivity (Wildman–Crippen MR) is 79.1 cm³/mol. The number of rotatable bonds is 6. The molecule has 1 heterocycles. The van der Waals surface area contributed by atoms with Crippen LogP contribution in [0.5, 0.6) is 5.75 Å². The number of esters is 1. The van der Waals surface area contributed by atoms with E-state index in [2.05, 4.69) is 6.92 Å². The minimum atomic E-state index is -0.322. The molecule has 0 saturated carbocycles. The van der Waals surface area contributed by atoms with Crippen molar-refractivity contribution >= 4 is 16.9 Å². The van der Waals surface area contributed by atoms with E-state index in [0.717, 1.165) is 29.5 Å². The Balaban J connectivity index is 2.17. The van der Waals surface area contributed by atoms with Crippen molar-refractivity contribution in [3.05, 3.63) is 30.5 Å². The van der Waals surface area contributed by atoms with Gasteiger partial charge in [-0.15, -0.1) is 0 Å². The van der Waals surface area contributed by atoms with Crippen LogP contribution in [0.15, 0.2) is 30.5 Å². The molecule has 1 atom stereocenters. The van der Waals surface area contributed by atoms with Crippen molar-refractivity contribution < 1.29 is 14.3 Å². The molecule has 0 spiro atoms. The highest BCUT2D eigenvalue weighted by atomic mass is 16.5. The van der Waals surface area contributed by atoms with Crippen LogP contribution in [-0.2, 0) is 9.53 Å². The number of ether oxygens (including phenoxy) is 2. The van der Waals surface area contributed by atoms with Crippen molar-refractivity contribution in [2.24, 2.45) is 0 Å². The number of carbonyl (C=O) groups is 1. The van der Waals surface area contributed by atoms with Gasteiger partial charge in [-0.05, 0) is 37.6 Å². The molecule has 1 aromatic carbocycles. The van der Waals surface area contributed by atoms with Crippen LogP contribution in [0.25, 0.3) is 10.9 Å². The zero-order chi connectivity index (χ0) is 14.5. The number of unbranched alkanes of at least 4 members (excludes halogenated alkanes) is 1. The summed E-state index contributed by atoms with van der Waals surface area (Å²) >= 11 is 0. The van der Waals surface area contributed by atoms with Gasteiger partial charge in [0, 0.05) is 17.1 Å². The van der Waals surface area contributed by atoms with Crippen molar-refractivity contribution in [3.8, 4) is 5.75 Å². The Labute approximate surface area is 119 Å². The van der Waals surface area contributed by atoms with Gasteiger partial charge in [0.2, 0.25) is 0 Å². The minimum absolute atomic E-state index is 0.188. The van der Waals surface area contributed by atoms with Gasteiger partial charge in [0.15, 0.2) is 0 Å². The van der Waals surface area contributed by atoms with Gasteiger partial charge >= 0.3 is 5.97 Å². The Kier molecular flexibility index (Phi) is 4.66. The summed E-state index contributed by atoms with van der Waals surface area (Å²) in [7, 11) is 1.64. The molecular formula is C16H21NO3. The second-order valence-corrected chi connectivity index (χ2v) is 4.84.